The summed E-state index contributed by atoms with van der Waals surface area (Å²) in [6.45, 7) is 4.55. The summed E-state index contributed by atoms with van der Waals surface area (Å²) in [5, 5.41) is 7.23. The van der Waals surface area contributed by atoms with E-state index in [9.17, 15) is 0 Å². The molecule has 2 aliphatic heterocycles. The van der Waals surface area contributed by atoms with Crippen molar-refractivity contribution in [3.8, 4) is 0 Å². The lowest BCUT2D eigenvalue weighted by Crippen LogP contribution is -2.50. The van der Waals surface area contributed by atoms with Crippen LogP contribution in [0.1, 0.15) is 26.2 Å². The van der Waals surface area contributed by atoms with Crippen molar-refractivity contribution in [1.82, 2.24) is 10.6 Å². The van der Waals surface area contributed by atoms with Crippen LogP contribution in [0.3, 0.4) is 0 Å². The molecule has 0 spiro atoms. The molecule has 1 saturated heterocycles. The molecule has 2 heterocycles. The Hall–Kier alpha value is -0.760. The van der Waals surface area contributed by atoms with E-state index in [1.165, 1.54) is 30.5 Å². The fourth-order valence-corrected chi connectivity index (χ4v) is 2.83. The summed E-state index contributed by atoms with van der Waals surface area (Å²) in [6, 6.07) is 0.604. The topological polar surface area (TPSA) is 24.1 Å². The Morgan fingerprint density at radius 3 is 2.87 bits per heavy atom. The Labute approximate surface area is 91.8 Å². The molecule has 0 radical (unpaired) electrons. The zero-order valence-corrected chi connectivity index (χ0v) is 9.42. The highest BCUT2D eigenvalue weighted by molar-refractivity contribution is 5.32. The summed E-state index contributed by atoms with van der Waals surface area (Å²) >= 11 is 0. The summed E-state index contributed by atoms with van der Waals surface area (Å²) < 4.78 is 0. The van der Waals surface area contributed by atoms with E-state index in [2.05, 4.69) is 29.7 Å². The lowest BCUT2D eigenvalue weighted by atomic mass is 9.79. The van der Waals surface area contributed by atoms with Gasteiger partial charge in [-0.3, -0.25) is 0 Å². The highest BCUT2D eigenvalue weighted by Gasteiger charge is 2.31. The van der Waals surface area contributed by atoms with Gasteiger partial charge in [0, 0.05) is 18.8 Å². The van der Waals surface area contributed by atoms with Crippen LogP contribution in [0, 0.1) is 11.8 Å². The first-order chi connectivity index (χ1) is 7.34. The zero-order chi connectivity index (χ0) is 10.3. The van der Waals surface area contributed by atoms with Gasteiger partial charge in [0.05, 0.1) is 6.04 Å². The number of fused-ring (bicyclic) bond motifs is 1. The van der Waals surface area contributed by atoms with Crippen molar-refractivity contribution in [3.63, 3.8) is 0 Å². The first kappa shape index (κ1) is 9.46. The van der Waals surface area contributed by atoms with E-state index in [1.807, 2.05) is 0 Å². The van der Waals surface area contributed by atoms with E-state index in [4.69, 9.17) is 0 Å². The molecule has 3 rings (SSSR count). The predicted molar refractivity (Wildman–Crippen MR) is 62.5 cm³/mol. The summed E-state index contributed by atoms with van der Waals surface area (Å²) in [5.41, 5.74) is 3.04. The van der Waals surface area contributed by atoms with Gasteiger partial charge >= 0.3 is 0 Å². The van der Waals surface area contributed by atoms with Crippen molar-refractivity contribution < 1.29 is 0 Å². The van der Waals surface area contributed by atoms with Gasteiger partial charge in [-0.15, -0.1) is 0 Å². The molecule has 1 aliphatic carbocycles. The van der Waals surface area contributed by atoms with Crippen LogP contribution in [0.5, 0.6) is 0 Å². The van der Waals surface area contributed by atoms with Crippen LogP contribution in [0.25, 0.3) is 0 Å². The second-order valence-electron chi connectivity index (χ2n) is 5.22. The Morgan fingerprint density at radius 1 is 1.27 bits per heavy atom. The number of dihydropyridines is 1. The number of rotatable bonds is 1. The molecule has 0 aromatic heterocycles. The van der Waals surface area contributed by atoms with Crippen molar-refractivity contribution in [2.24, 2.45) is 11.8 Å². The van der Waals surface area contributed by atoms with E-state index in [0.717, 1.165) is 19.0 Å². The summed E-state index contributed by atoms with van der Waals surface area (Å²) in [5.74, 6) is 1.55. The highest BCUT2D eigenvalue weighted by Crippen LogP contribution is 2.34. The van der Waals surface area contributed by atoms with Crippen LogP contribution >= 0.6 is 0 Å². The number of nitrogens with one attached hydrogen (secondary N) is 2. The van der Waals surface area contributed by atoms with Gasteiger partial charge in [0.1, 0.15) is 0 Å². The smallest absolute Gasteiger partial charge is 0.0523 e. The van der Waals surface area contributed by atoms with E-state index >= 15 is 0 Å². The third kappa shape index (κ3) is 1.61. The fraction of sp³-hybridized carbons (Fsp3) is 0.692. The maximum atomic E-state index is 3.76. The van der Waals surface area contributed by atoms with Gasteiger partial charge in [0.2, 0.25) is 0 Å². The zero-order valence-electron chi connectivity index (χ0n) is 9.42. The molecule has 2 unspecified atom stereocenters. The molecule has 2 fully saturated rings. The van der Waals surface area contributed by atoms with E-state index in [-0.39, 0.29) is 0 Å². The molecule has 3 aliphatic rings. The molecule has 2 nitrogen and oxygen atoms in total. The molecular weight excluding hydrogens is 184 g/mol. The minimum Gasteiger partial charge on any atom is -0.381 e. The second kappa shape index (κ2) is 3.67. The van der Waals surface area contributed by atoms with Crippen molar-refractivity contribution in [1.29, 1.82) is 0 Å². The fourth-order valence-electron chi connectivity index (χ4n) is 2.83. The standard InChI is InChI=1S/C13H20N2/c1-9-7-14-8-11-5-6-12(15-13(9)11)10-3-2-4-10/h5-6,9-10,13-15H,2-4,7-8H2,1H3. The number of hydrogen-bond acceptors (Lipinski definition) is 2. The summed E-state index contributed by atoms with van der Waals surface area (Å²) in [6.07, 6.45) is 8.86. The maximum absolute atomic E-state index is 3.76. The number of hydrogen-bond donors (Lipinski definition) is 2. The van der Waals surface area contributed by atoms with E-state index < -0.39 is 0 Å². The average Bonchev–Trinajstić information content (AvgIpc) is 2.17. The number of piperidine rings is 1. The monoisotopic (exact) mass is 204 g/mol. The summed E-state index contributed by atoms with van der Waals surface area (Å²) in [4.78, 5) is 0. The number of allylic oxidation sites excluding steroid dienone is 3. The van der Waals surface area contributed by atoms with Crippen LogP contribution < -0.4 is 10.6 Å². The van der Waals surface area contributed by atoms with E-state index in [1.54, 1.807) is 0 Å². The molecular formula is C13H20N2. The van der Waals surface area contributed by atoms with Crippen molar-refractivity contribution >= 4 is 0 Å². The Morgan fingerprint density at radius 2 is 2.13 bits per heavy atom. The molecule has 0 aromatic rings. The highest BCUT2D eigenvalue weighted by atomic mass is 15.0. The van der Waals surface area contributed by atoms with Crippen LogP contribution in [-0.2, 0) is 0 Å². The van der Waals surface area contributed by atoms with Gasteiger partial charge in [0.25, 0.3) is 0 Å². The van der Waals surface area contributed by atoms with Crippen LogP contribution in [0.15, 0.2) is 23.4 Å². The van der Waals surface area contributed by atoms with Gasteiger partial charge < -0.3 is 10.6 Å². The minimum atomic E-state index is 0.604. The van der Waals surface area contributed by atoms with Crippen molar-refractivity contribution in [3.05, 3.63) is 23.4 Å². The lowest BCUT2D eigenvalue weighted by Gasteiger charge is -2.40. The molecule has 0 bridgehead atoms. The molecule has 0 amide bonds. The van der Waals surface area contributed by atoms with Gasteiger partial charge in [-0.1, -0.05) is 19.4 Å². The minimum absolute atomic E-state index is 0.604. The first-order valence-electron chi connectivity index (χ1n) is 6.22. The van der Waals surface area contributed by atoms with Gasteiger partial charge in [-0.05, 0) is 36.3 Å². The SMILES string of the molecule is CC1CNCC2=CC=C(C3CCC3)NC21. The van der Waals surface area contributed by atoms with Gasteiger partial charge in [0.15, 0.2) is 0 Å². The maximum Gasteiger partial charge on any atom is 0.0523 e. The molecule has 2 heteroatoms. The quantitative estimate of drug-likeness (QED) is 0.680. The lowest BCUT2D eigenvalue weighted by molar-refractivity contribution is 0.310. The molecule has 0 aromatic carbocycles. The second-order valence-corrected chi connectivity index (χ2v) is 5.22. The van der Waals surface area contributed by atoms with Gasteiger partial charge in [-0.25, -0.2) is 0 Å². The van der Waals surface area contributed by atoms with E-state index in [0.29, 0.717) is 12.0 Å². The van der Waals surface area contributed by atoms with Gasteiger partial charge in [-0.2, -0.15) is 0 Å². The first-order valence-corrected chi connectivity index (χ1v) is 6.22. The molecule has 82 valence electrons. The summed E-state index contributed by atoms with van der Waals surface area (Å²) in [7, 11) is 0. The molecule has 2 atom stereocenters. The molecule has 15 heavy (non-hydrogen) atoms. The Bertz CT molecular complexity index is 312. The third-order valence-corrected chi connectivity index (χ3v) is 4.11. The molecule has 1 saturated carbocycles. The normalized spacial score (nSPS) is 35.8. The van der Waals surface area contributed by atoms with Crippen LogP contribution in [0.2, 0.25) is 0 Å². The largest absolute Gasteiger partial charge is 0.381 e. The van der Waals surface area contributed by atoms with Crippen molar-refractivity contribution in [2.45, 2.75) is 32.2 Å². The van der Waals surface area contributed by atoms with Crippen LogP contribution in [0.4, 0.5) is 0 Å². The Kier molecular flexibility index (Phi) is 2.32. The Balaban J connectivity index is 1.79. The third-order valence-electron chi connectivity index (χ3n) is 4.11. The van der Waals surface area contributed by atoms with Crippen molar-refractivity contribution in [2.75, 3.05) is 13.1 Å². The predicted octanol–water partition coefficient (Wildman–Crippen LogP) is 1.81. The van der Waals surface area contributed by atoms with Crippen LogP contribution in [-0.4, -0.2) is 19.1 Å². The average molecular weight is 204 g/mol. The molecule has 2 N–H and O–H groups in total.